The molecule has 2 heterocycles. The van der Waals surface area contributed by atoms with Gasteiger partial charge in [0.25, 0.3) is 5.89 Å². The van der Waals surface area contributed by atoms with Crippen molar-refractivity contribution in [3.05, 3.63) is 45.8 Å². The Morgan fingerprint density at radius 1 is 1.33 bits per heavy atom. The molecule has 21 heavy (non-hydrogen) atoms. The molecule has 0 unspecified atom stereocenters. The SMILES string of the molecule is Cn1ncc(-c2nc(Cc3ccc(Cl)cc3Cl)no2)c1N. The van der Waals surface area contributed by atoms with E-state index in [2.05, 4.69) is 15.2 Å². The molecule has 6 nitrogen and oxygen atoms in total. The largest absolute Gasteiger partial charge is 0.383 e. The van der Waals surface area contributed by atoms with Crippen molar-refractivity contribution in [1.82, 2.24) is 19.9 Å². The molecule has 0 amide bonds. The fraction of sp³-hybridized carbons (Fsp3) is 0.154. The third-order valence-electron chi connectivity index (χ3n) is 3.05. The van der Waals surface area contributed by atoms with Crippen molar-refractivity contribution in [2.75, 3.05) is 5.73 Å². The highest BCUT2D eigenvalue weighted by Gasteiger charge is 2.15. The lowest BCUT2D eigenvalue weighted by atomic mass is 10.1. The van der Waals surface area contributed by atoms with E-state index >= 15 is 0 Å². The molecule has 0 bridgehead atoms. The Labute approximate surface area is 130 Å². The van der Waals surface area contributed by atoms with Gasteiger partial charge in [-0.2, -0.15) is 10.1 Å². The second-order valence-corrected chi connectivity index (χ2v) is 5.34. The Kier molecular flexibility index (Phi) is 3.57. The van der Waals surface area contributed by atoms with Crippen molar-refractivity contribution in [2.24, 2.45) is 7.05 Å². The first-order valence-electron chi connectivity index (χ1n) is 6.09. The number of nitrogens with two attached hydrogens (primary N) is 1. The highest BCUT2D eigenvalue weighted by Crippen LogP contribution is 2.25. The van der Waals surface area contributed by atoms with Crippen LogP contribution in [0.3, 0.4) is 0 Å². The third kappa shape index (κ3) is 2.72. The third-order valence-corrected chi connectivity index (χ3v) is 3.63. The Morgan fingerprint density at radius 2 is 2.14 bits per heavy atom. The maximum Gasteiger partial charge on any atom is 0.263 e. The van der Waals surface area contributed by atoms with E-state index in [1.54, 1.807) is 25.4 Å². The van der Waals surface area contributed by atoms with Crippen molar-refractivity contribution >= 4 is 29.0 Å². The van der Waals surface area contributed by atoms with E-state index in [0.29, 0.717) is 39.6 Å². The highest BCUT2D eigenvalue weighted by molar-refractivity contribution is 6.35. The van der Waals surface area contributed by atoms with E-state index in [1.807, 2.05) is 6.07 Å². The number of benzene rings is 1. The number of anilines is 1. The van der Waals surface area contributed by atoms with E-state index in [4.69, 9.17) is 33.5 Å². The minimum Gasteiger partial charge on any atom is -0.383 e. The number of hydrogen-bond acceptors (Lipinski definition) is 5. The molecule has 8 heteroatoms. The van der Waals surface area contributed by atoms with Gasteiger partial charge >= 0.3 is 0 Å². The van der Waals surface area contributed by atoms with Crippen LogP contribution in [0.25, 0.3) is 11.5 Å². The predicted octanol–water partition coefficient (Wildman–Crippen LogP) is 2.95. The van der Waals surface area contributed by atoms with Crippen molar-refractivity contribution in [1.29, 1.82) is 0 Å². The molecule has 0 aliphatic heterocycles. The maximum atomic E-state index is 6.13. The zero-order chi connectivity index (χ0) is 15.0. The molecule has 108 valence electrons. The summed E-state index contributed by atoms with van der Waals surface area (Å²) in [6.45, 7) is 0. The van der Waals surface area contributed by atoms with Crippen LogP contribution in [0.15, 0.2) is 28.9 Å². The molecule has 1 aromatic carbocycles. The molecule has 3 aromatic rings. The minimum absolute atomic E-state index is 0.334. The standard InChI is InChI=1S/C13H11Cl2N5O/c1-20-12(16)9(6-17-20)13-18-11(19-21-13)4-7-2-3-8(14)5-10(7)15/h2-3,5-6H,4,16H2,1H3. The topological polar surface area (TPSA) is 82.8 Å². The monoisotopic (exact) mass is 323 g/mol. The highest BCUT2D eigenvalue weighted by atomic mass is 35.5. The van der Waals surface area contributed by atoms with Gasteiger partial charge in [-0.05, 0) is 17.7 Å². The summed E-state index contributed by atoms with van der Waals surface area (Å²) in [4.78, 5) is 4.31. The van der Waals surface area contributed by atoms with E-state index in [0.717, 1.165) is 5.56 Å². The average Bonchev–Trinajstić information content (AvgIpc) is 3.02. The van der Waals surface area contributed by atoms with E-state index in [1.165, 1.54) is 4.68 Å². The van der Waals surface area contributed by atoms with Crippen LogP contribution in [0.4, 0.5) is 5.82 Å². The molecule has 2 aromatic heterocycles. The molecule has 0 fully saturated rings. The number of nitrogen functional groups attached to an aromatic ring is 1. The quantitative estimate of drug-likeness (QED) is 0.801. The molecule has 0 saturated carbocycles. The van der Waals surface area contributed by atoms with Gasteiger partial charge in [-0.25, -0.2) is 0 Å². The van der Waals surface area contributed by atoms with E-state index < -0.39 is 0 Å². The van der Waals surface area contributed by atoms with Crippen LogP contribution in [0.2, 0.25) is 10.0 Å². The molecular formula is C13H11Cl2N5O. The number of hydrogen-bond donors (Lipinski definition) is 1. The lowest BCUT2D eigenvalue weighted by Gasteiger charge is -2.00. The Hall–Kier alpha value is -2.05. The normalized spacial score (nSPS) is 11.0. The summed E-state index contributed by atoms with van der Waals surface area (Å²) in [6.07, 6.45) is 2.03. The molecule has 0 spiro atoms. The molecule has 0 aliphatic carbocycles. The van der Waals surface area contributed by atoms with Crippen LogP contribution >= 0.6 is 23.2 Å². The van der Waals surface area contributed by atoms with Gasteiger partial charge in [0, 0.05) is 23.5 Å². The number of aryl methyl sites for hydroxylation is 1. The van der Waals surface area contributed by atoms with E-state index in [-0.39, 0.29) is 0 Å². The lowest BCUT2D eigenvalue weighted by molar-refractivity contribution is 0.424. The number of nitrogens with zero attached hydrogens (tertiary/aromatic N) is 4. The first-order valence-corrected chi connectivity index (χ1v) is 6.84. The molecule has 0 radical (unpaired) electrons. The molecular weight excluding hydrogens is 313 g/mol. The van der Waals surface area contributed by atoms with Gasteiger partial charge in [-0.3, -0.25) is 4.68 Å². The summed E-state index contributed by atoms with van der Waals surface area (Å²) in [6, 6.07) is 5.28. The van der Waals surface area contributed by atoms with Crippen molar-refractivity contribution < 1.29 is 4.52 Å². The lowest BCUT2D eigenvalue weighted by Crippen LogP contribution is -1.98. The van der Waals surface area contributed by atoms with Gasteiger partial charge in [-0.1, -0.05) is 34.4 Å². The second-order valence-electron chi connectivity index (χ2n) is 4.50. The Bertz CT molecular complexity index is 796. The van der Waals surface area contributed by atoms with Crippen LogP contribution in [0, 0.1) is 0 Å². The molecule has 0 atom stereocenters. The molecule has 2 N–H and O–H groups in total. The number of aromatic nitrogens is 4. The van der Waals surface area contributed by atoms with Gasteiger partial charge in [0.1, 0.15) is 11.4 Å². The summed E-state index contributed by atoms with van der Waals surface area (Å²) in [5.41, 5.74) is 7.35. The number of rotatable bonds is 3. The summed E-state index contributed by atoms with van der Waals surface area (Å²) in [5.74, 6) is 1.31. The zero-order valence-corrected chi connectivity index (χ0v) is 12.6. The minimum atomic E-state index is 0.334. The average molecular weight is 324 g/mol. The van der Waals surface area contributed by atoms with Gasteiger partial charge in [0.2, 0.25) is 0 Å². The van der Waals surface area contributed by atoms with Gasteiger partial charge < -0.3 is 10.3 Å². The molecule has 0 saturated heterocycles. The maximum absolute atomic E-state index is 6.13. The number of halogens is 2. The predicted molar refractivity (Wildman–Crippen MR) is 80.2 cm³/mol. The van der Waals surface area contributed by atoms with Crippen LogP contribution in [0.5, 0.6) is 0 Å². The zero-order valence-electron chi connectivity index (χ0n) is 11.0. The van der Waals surface area contributed by atoms with Crippen LogP contribution < -0.4 is 5.73 Å². The summed E-state index contributed by atoms with van der Waals surface area (Å²) in [7, 11) is 1.74. The molecule has 0 aliphatic rings. The summed E-state index contributed by atoms with van der Waals surface area (Å²) >= 11 is 12.0. The Morgan fingerprint density at radius 3 is 2.81 bits per heavy atom. The Balaban J connectivity index is 1.87. The fourth-order valence-electron chi connectivity index (χ4n) is 1.88. The fourth-order valence-corrected chi connectivity index (χ4v) is 2.36. The van der Waals surface area contributed by atoms with Crippen LogP contribution in [-0.4, -0.2) is 19.9 Å². The van der Waals surface area contributed by atoms with Crippen LogP contribution in [0.1, 0.15) is 11.4 Å². The first kappa shape index (κ1) is 13.9. The van der Waals surface area contributed by atoms with Gasteiger partial charge in [0.05, 0.1) is 6.20 Å². The first-order chi connectivity index (χ1) is 10.0. The van der Waals surface area contributed by atoms with E-state index in [9.17, 15) is 0 Å². The second kappa shape index (κ2) is 5.38. The molecule has 3 rings (SSSR count). The van der Waals surface area contributed by atoms with Crippen LogP contribution in [-0.2, 0) is 13.5 Å². The van der Waals surface area contributed by atoms with Gasteiger partial charge in [0.15, 0.2) is 5.82 Å². The van der Waals surface area contributed by atoms with Crippen molar-refractivity contribution in [3.8, 4) is 11.5 Å². The summed E-state index contributed by atoms with van der Waals surface area (Å²) in [5, 5.41) is 9.12. The van der Waals surface area contributed by atoms with Gasteiger partial charge in [-0.15, -0.1) is 0 Å². The smallest absolute Gasteiger partial charge is 0.263 e. The van der Waals surface area contributed by atoms with Crippen molar-refractivity contribution in [2.45, 2.75) is 6.42 Å². The summed E-state index contributed by atoms with van der Waals surface area (Å²) < 4.78 is 6.75. The van der Waals surface area contributed by atoms with Crippen molar-refractivity contribution in [3.63, 3.8) is 0 Å².